The molecule has 1 rings (SSSR count). The Bertz CT molecular complexity index is 634. The lowest BCUT2D eigenvalue weighted by Gasteiger charge is -2.37. The summed E-state index contributed by atoms with van der Waals surface area (Å²) in [6, 6.07) is 3.63. The first kappa shape index (κ1) is 24.0. The average Bonchev–Trinajstić information content (AvgIpc) is 2.54. The Morgan fingerprint density at radius 2 is 1.41 bits per heavy atom. The summed E-state index contributed by atoms with van der Waals surface area (Å²) in [5.41, 5.74) is 0.747. The van der Waals surface area contributed by atoms with Crippen LogP contribution in [0, 0.1) is 0 Å². The van der Waals surface area contributed by atoms with Crippen LogP contribution in [0.2, 0.25) is 18.1 Å². The van der Waals surface area contributed by atoms with Crippen LogP contribution in [-0.4, -0.2) is 35.8 Å². The zero-order chi connectivity index (χ0) is 20.9. The van der Waals surface area contributed by atoms with E-state index in [9.17, 15) is 4.57 Å². The second-order valence-electron chi connectivity index (χ2n) is 7.80. The third kappa shape index (κ3) is 6.24. The van der Waals surface area contributed by atoms with E-state index in [1.165, 1.54) is 0 Å². The van der Waals surface area contributed by atoms with E-state index >= 15 is 0 Å². The van der Waals surface area contributed by atoms with Gasteiger partial charge < -0.3 is 22.9 Å². The summed E-state index contributed by atoms with van der Waals surface area (Å²) in [7, 11) is -2.15. The van der Waals surface area contributed by atoms with Gasteiger partial charge in [-0.05, 0) is 49.7 Å². The normalized spacial score (nSPS) is 12.8. The number of hydrogen-bond donors (Lipinski definition) is 0. The molecule has 6 nitrogen and oxygen atoms in total. The number of hydrogen-bond acceptors (Lipinski definition) is 6. The first-order valence-corrected chi connectivity index (χ1v) is 13.9. The van der Waals surface area contributed by atoms with E-state index in [0.29, 0.717) is 30.5 Å². The smallest absolute Gasteiger partial charge is 0.335 e. The molecular formula is C19H35O6PSi. The summed E-state index contributed by atoms with van der Waals surface area (Å²) in [5.74, 6) is 1.68. The molecule has 0 saturated carbocycles. The molecule has 0 aliphatic heterocycles. The summed E-state index contributed by atoms with van der Waals surface area (Å²) in [6.07, 6.45) is 0.141. The Morgan fingerprint density at radius 3 is 1.74 bits per heavy atom. The molecule has 0 atom stereocenters. The minimum atomic E-state index is -3.23. The van der Waals surface area contributed by atoms with Crippen LogP contribution in [-0.2, 0) is 19.8 Å². The van der Waals surface area contributed by atoms with Gasteiger partial charge in [-0.15, -0.1) is 0 Å². The van der Waals surface area contributed by atoms with Gasteiger partial charge in [-0.2, -0.15) is 0 Å². The van der Waals surface area contributed by atoms with Gasteiger partial charge in [0.05, 0.1) is 33.6 Å². The van der Waals surface area contributed by atoms with Crippen LogP contribution in [0.4, 0.5) is 0 Å². The lowest BCUT2D eigenvalue weighted by atomic mass is 10.2. The molecule has 0 bridgehead atoms. The summed E-state index contributed by atoms with van der Waals surface area (Å²) < 4.78 is 41.3. The molecule has 156 valence electrons. The van der Waals surface area contributed by atoms with Gasteiger partial charge in [-0.3, -0.25) is 4.57 Å². The molecule has 1 aromatic rings. The Labute approximate surface area is 165 Å². The Balaban J connectivity index is 3.33. The molecular weight excluding hydrogens is 383 g/mol. The minimum absolute atomic E-state index is 0.0291. The maximum atomic E-state index is 12.9. The molecule has 0 heterocycles. The summed E-state index contributed by atoms with van der Waals surface area (Å²) in [6.45, 7) is 15.1. The van der Waals surface area contributed by atoms with Crippen molar-refractivity contribution in [2.75, 3.05) is 27.4 Å². The highest BCUT2D eigenvalue weighted by Gasteiger charge is 2.40. The van der Waals surface area contributed by atoms with E-state index in [-0.39, 0.29) is 11.2 Å². The lowest BCUT2D eigenvalue weighted by molar-refractivity contribution is 0.219. The molecule has 0 saturated heterocycles. The van der Waals surface area contributed by atoms with Crippen LogP contribution < -0.4 is 13.9 Å². The van der Waals surface area contributed by atoms with Crippen LogP contribution in [0.25, 0.3) is 0 Å². The van der Waals surface area contributed by atoms with E-state index in [4.69, 9.17) is 22.9 Å². The minimum Gasteiger partial charge on any atom is -0.539 e. The van der Waals surface area contributed by atoms with Gasteiger partial charge in [-0.1, -0.05) is 20.8 Å². The Kier molecular flexibility index (Phi) is 8.42. The van der Waals surface area contributed by atoms with Crippen LogP contribution in [0.1, 0.15) is 40.2 Å². The number of rotatable bonds is 10. The summed E-state index contributed by atoms with van der Waals surface area (Å²) in [5, 5.41) is 0.0291. The highest BCUT2D eigenvalue weighted by molar-refractivity contribution is 7.53. The maximum absolute atomic E-state index is 12.9. The molecule has 0 unspecified atom stereocenters. The highest BCUT2D eigenvalue weighted by atomic mass is 31.2. The summed E-state index contributed by atoms with van der Waals surface area (Å²) >= 11 is 0. The highest BCUT2D eigenvalue weighted by Crippen LogP contribution is 2.53. The monoisotopic (exact) mass is 418 g/mol. The van der Waals surface area contributed by atoms with Gasteiger partial charge in [-0.25, -0.2) is 0 Å². The van der Waals surface area contributed by atoms with Crippen molar-refractivity contribution in [3.63, 3.8) is 0 Å². The first-order chi connectivity index (χ1) is 12.4. The van der Waals surface area contributed by atoms with Crippen molar-refractivity contribution in [3.05, 3.63) is 17.7 Å². The van der Waals surface area contributed by atoms with Gasteiger partial charge in [0, 0.05) is 0 Å². The second-order valence-corrected chi connectivity index (χ2v) is 14.6. The predicted molar refractivity (Wildman–Crippen MR) is 112 cm³/mol. The second kappa shape index (κ2) is 9.46. The van der Waals surface area contributed by atoms with Gasteiger partial charge in [0.2, 0.25) is 0 Å². The Morgan fingerprint density at radius 1 is 0.963 bits per heavy atom. The molecule has 1 aromatic carbocycles. The third-order valence-corrected chi connectivity index (χ3v) is 11.1. The van der Waals surface area contributed by atoms with Gasteiger partial charge >= 0.3 is 7.60 Å². The number of methoxy groups -OCH3 is 2. The van der Waals surface area contributed by atoms with Crippen molar-refractivity contribution in [1.29, 1.82) is 0 Å². The van der Waals surface area contributed by atoms with Gasteiger partial charge in [0.1, 0.15) is 0 Å². The fourth-order valence-corrected chi connectivity index (χ4v) is 4.97. The molecule has 0 spiro atoms. The van der Waals surface area contributed by atoms with Crippen LogP contribution in [0.5, 0.6) is 17.2 Å². The number of ether oxygens (including phenoxy) is 2. The van der Waals surface area contributed by atoms with Crippen molar-refractivity contribution in [3.8, 4) is 17.2 Å². The van der Waals surface area contributed by atoms with Crippen molar-refractivity contribution in [1.82, 2.24) is 0 Å². The SMILES string of the molecule is CCOP(=O)(Cc1cc(OC)c(O[Si](C)(C)C(C)(C)C)c(OC)c1)OCC. The molecule has 0 N–H and O–H groups in total. The fraction of sp³-hybridized carbons (Fsp3) is 0.684. The number of benzene rings is 1. The topological polar surface area (TPSA) is 63.2 Å². The summed E-state index contributed by atoms with van der Waals surface area (Å²) in [4.78, 5) is 0. The fourth-order valence-electron chi connectivity index (χ4n) is 2.28. The molecule has 0 fully saturated rings. The van der Waals surface area contributed by atoms with Crippen LogP contribution >= 0.6 is 7.60 Å². The zero-order valence-corrected chi connectivity index (χ0v) is 20.1. The first-order valence-electron chi connectivity index (χ1n) is 9.25. The van der Waals surface area contributed by atoms with E-state index in [0.717, 1.165) is 5.56 Å². The molecule has 0 amide bonds. The maximum Gasteiger partial charge on any atom is 0.335 e. The average molecular weight is 419 g/mol. The quantitative estimate of drug-likeness (QED) is 0.351. The van der Waals surface area contributed by atoms with E-state index in [1.54, 1.807) is 28.1 Å². The van der Waals surface area contributed by atoms with Crippen molar-refractivity contribution in [2.24, 2.45) is 0 Å². The van der Waals surface area contributed by atoms with E-state index < -0.39 is 15.9 Å². The Hall–Kier alpha value is -1.01. The van der Waals surface area contributed by atoms with Gasteiger partial charge in [0.25, 0.3) is 8.32 Å². The van der Waals surface area contributed by atoms with Crippen molar-refractivity contribution >= 4 is 15.9 Å². The third-order valence-electron chi connectivity index (χ3n) is 4.71. The molecule has 0 aliphatic carbocycles. The lowest BCUT2D eigenvalue weighted by Crippen LogP contribution is -2.44. The van der Waals surface area contributed by atoms with Gasteiger partial charge in [0.15, 0.2) is 17.2 Å². The predicted octanol–water partition coefficient (Wildman–Crippen LogP) is 5.85. The molecule has 0 aromatic heterocycles. The van der Waals surface area contributed by atoms with E-state index in [1.807, 2.05) is 12.1 Å². The molecule has 0 aliphatic rings. The van der Waals surface area contributed by atoms with Crippen LogP contribution in [0.3, 0.4) is 0 Å². The van der Waals surface area contributed by atoms with E-state index in [2.05, 4.69) is 33.9 Å². The van der Waals surface area contributed by atoms with Crippen molar-refractivity contribution in [2.45, 2.75) is 58.9 Å². The van der Waals surface area contributed by atoms with Crippen LogP contribution in [0.15, 0.2) is 12.1 Å². The largest absolute Gasteiger partial charge is 0.539 e. The molecule has 0 radical (unpaired) electrons. The molecule has 27 heavy (non-hydrogen) atoms. The standard InChI is InChI=1S/C19H35O6PSi/c1-10-23-26(20,24-11-2)14-15-12-16(21-6)18(17(13-15)22-7)25-27(8,9)19(3,4)5/h12-13H,10-11,14H2,1-9H3. The molecule has 8 heteroatoms. The zero-order valence-electron chi connectivity index (χ0n) is 18.2. The van der Waals surface area contributed by atoms with Crippen molar-refractivity contribution < 1.29 is 27.5 Å².